The molecule has 0 radical (unpaired) electrons. The van der Waals surface area contributed by atoms with Gasteiger partial charge in [-0.3, -0.25) is 14.6 Å². The summed E-state index contributed by atoms with van der Waals surface area (Å²) in [5.74, 6) is -0.380. The Labute approximate surface area is 153 Å². The Bertz CT molecular complexity index is 694. The van der Waals surface area contributed by atoms with Crippen LogP contribution < -0.4 is 5.32 Å². The summed E-state index contributed by atoms with van der Waals surface area (Å²) in [4.78, 5) is 34.3. The predicted molar refractivity (Wildman–Crippen MR) is 97.4 cm³/mol. The first-order chi connectivity index (χ1) is 12.6. The molecule has 2 aromatic rings. The molecule has 7 heteroatoms. The Morgan fingerprint density at radius 2 is 1.96 bits per heavy atom. The van der Waals surface area contributed by atoms with E-state index in [1.165, 1.54) is 18.6 Å². The highest BCUT2D eigenvalue weighted by Crippen LogP contribution is 2.11. The highest BCUT2D eigenvalue weighted by atomic mass is 16.5. The molecule has 1 unspecified atom stereocenters. The van der Waals surface area contributed by atoms with Gasteiger partial charge < -0.3 is 15.0 Å². The van der Waals surface area contributed by atoms with Crippen LogP contribution in [0.15, 0.2) is 48.9 Å². The number of nitrogens with one attached hydrogen (secondary N) is 1. The van der Waals surface area contributed by atoms with Crippen LogP contribution >= 0.6 is 0 Å². The number of nitrogens with zero attached hydrogens (tertiary/aromatic N) is 3. The van der Waals surface area contributed by atoms with Crippen molar-refractivity contribution in [3.05, 3.63) is 60.2 Å². The molecule has 1 aromatic carbocycles. The Morgan fingerprint density at radius 3 is 2.62 bits per heavy atom. The first-order valence-corrected chi connectivity index (χ1v) is 8.50. The standard InChI is InChI=1S/C19H24N4O3/c1-15(16-6-4-3-5-7-16)22-18(24)8-11-23(12-13-26-2)19(25)17-14-20-9-10-21-17/h3-7,9-10,14-15H,8,11-13H2,1-2H3,(H,22,24). The molecule has 138 valence electrons. The molecule has 0 aliphatic rings. The molecule has 1 N–H and O–H groups in total. The first-order valence-electron chi connectivity index (χ1n) is 8.50. The third kappa shape index (κ3) is 5.93. The molecule has 1 aromatic heterocycles. The summed E-state index contributed by atoms with van der Waals surface area (Å²) in [5.41, 5.74) is 1.29. The van der Waals surface area contributed by atoms with E-state index in [1.54, 1.807) is 12.0 Å². The quantitative estimate of drug-likeness (QED) is 0.741. The first kappa shape index (κ1) is 19.5. The van der Waals surface area contributed by atoms with Crippen molar-refractivity contribution in [2.45, 2.75) is 19.4 Å². The van der Waals surface area contributed by atoms with Gasteiger partial charge in [0.1, 0.15) is 5.69 Å². The molecule has 26 heavy (non-hydrogen) atoms. The molecular formula is C19H24N4O3. The van der Waals surface area contributed by atoms with Crippen molar-refractivity contribution >= 4 is 11.8 Å². The molecule has 1 heterocycles. The minimum Gasteiger partial charge on any atom is -0.383 e. The second-order valence-corrected chi connectivity index (χ2v) is 5.83. The summed E-state index contributed by atoms with van der Waals surface area (Å²) in [6.45, 7) is 2.98. The van der Waals surface area contributed by atoms with E-state index < -0.39 is 0 Å². The van der Waals surface area contributed by atoms with Gasteiger partial charge in [0.05, 0.1) is 18.8 Å². The number of ether oxygens (including phenoxy) is 1. The summed E-state index contributed by atoms with van der Waals surface area (Å²) in [7, 11) is 1.57. The van der Waals surface area contributed by atoms with Crippen LogP contribution in [0, 0.1) is 0 Å². The van der Waals surface area contributed by atoms with E-state index in [9.17, 15) is 9.59 Å². The van der Waals surface area contributed by atoms with E-state index in [0.717, 1.165) is 5.56 Å². The van der Waals surface area contributed by atoms with Crippen LogP contribution in [0.25, 0.3) is 0 Å². The fourth-order valence-electron chi connectivity index (χ4n) is 2.46. The van der Waals surface area contributed by atoms with Gasteiger partial charge in [-0.25, -0.2) is 4.98 Å². The van der Waals surface area contributed by atoms with Crippen LogP contribution in [0.1, 0.15) is 35.4 Å². The maximum absolute atomic E-state index is 12.5. The second kappa shape index (κ2) is 10.2. The Kier molecular flexibility index (Phi) is 7.70. The molecule has 0 aliphatic carbocycles. The van der Waals surface area contributed by atoms with Gasteiger partial charge in [0.25, 0.3) is 5.91 Å². The zero-order valence-electron chi connectivity index (χ0n) is 15.1. The third-order valence-electron chi connectivity index (χ3n) is 3.92. The average Bonchev–Trinajstić information content (AvgIpc) is 2.69. The fraction of sp³-hybridized carbons (Fsp3) is 0.368. The normalized spacial score (nSPS) is 11.6. The largest absolute Gasteiger partial charge is 0.383 e. The molecule has 0 aliphatic heterocycles. The number of methoxy groups -OCH3 is 1. The monoisotopic (exact) mass is 356 g/mol. The number of hydrogen-bond donors (Lipinski definition) is 1. The summed E-state index contributed by atoms with van der Waals surface area (Å²) in [6, 6.07) is 9.64. The smallest absolute Gasteiger partial charge is 0.274 e. The molecule has 7 nitrogen and oxygen atoms in total. The fourth-order valence-corrected chi connectivity index (χ4v) is 2.46. The lowest BCUT2D eigenvalue weighted by Gasteiger charge is -2.22. The third-order valence-corrected chi connectivity index (χ3v) is 3.92. The lowest BCUT2D eigenvalue weighted by atomic mass is 10.1. The van der Waals surface area contributed by atoms with Crippen molar-refractivity contribution < 1.29 is 14.3 Å². The SMILES string of the molecule is COCCN(CCC(=O)NC(C)c1ccccc1)C(=O)c1cnccn1. The summed E-state index contributed by atoms with van der Waals surface area (Å²) in [6.07, 6.45) is 4.59. The lowest BCUT2D eigenvalue weighted by Crippen LogP contribution is -2.38. The Morgan fingerprint density at radius 1 is 1.19 bits per heavy atom. The van der Waals surface area contributed by atoms with Crippen molar-refractivity contribution in [2.24, 2.45) is 0 Å². The minimum atomic E-state index is -0.265. The van der Waals surface area contributed by atoms with Crippen LogP contribution in [0.3, 0.4) is 0 Å². The van der Waals surface area contributed by atoms with Gasteiger partial charge >= 0.3 is 0 Å². The van der Waals surface area contributed by atoms with Crippen molar-refractivity contribution in [3.8, 4) is 0 Å². The average molecular weight is 356 g/mol. The Hall–Kier alpha value is -2.80. The number of rotatable bonds is 9. The lowest BCUT2D eigenvalue weighted by molar-refractivity contribution is -0.121. The van der Waals surface area contributed by atoms with Gasteiger partial charge in [-0.2, -0.15) is 0 Å². The molecule has 2 amide bonds. The van der Waals surface area contributed by atoms with Gasteiger partial charge in [0.15, 0.2) is 0 Å². The molecule has 0 saturated heterocycles. The van der Waals surface area contributed by atoms with Crippen LogP contribution in [0.2, 0.25) is 0 Å². The zero-order valence-corrected chi connectivity index (χ0v) is 15.1. The molecule has 2 rings (SSSR count). The van der Waals surface area contributed by atoms with Gasteiger partial charge in [-0.05, 0) is 12.5 Å². The van der Waals surface area contributed by atoms with E-state index in [4.69, 9.17) is 4.74 Å². The highest BCUT2D eigenvalue weighted by Gasteiger charge is 2.18. The number of hydrogen-bond acceptors (Lipinski definition) is 5. The van der Waals surface area contributed by atoms with Gasteiger partial charge in [-0.15, -0.1) is 0 Å². The number of aromatic nitrogens is 2. The van der Waals surface area contributed by atoms with Gasteiger partial charge in [0, 0.05) is 39.0 Å². The maximum atomic E-state index is 12.5. The van der Waals surface area contributed by atoms with Crippen molar-refractivity contribution in [1.29, 1.82) is 0 Å². The number of benzene rings is 1. The van der Waals surface area contributed by atoms with E-state index >= 15 is 0 Å². The number of amides is 2. The number of carbonyl (C=O) groups is 2. The second-order valence-electron chi connectivity index (χ2n) is 5.83. The summed E-state index contributed by atoms with van der Waals surface area (Å²) < 4.78 is 5.06. The molecule has 0 spiro atoms. The minimum absolute atomic E-state index is 0.0909. The Balaban J connectivity index is 1.91. The molecule has 0 fully saturated rings. The highest BCUT2D eigenvalue weighted by molar-refractivity contribution is 5.92. The topological polar surface area (TPSA) is 84.4 Å². The van der Waals surface area contributed by atoms with Gasteiger partial charge in [-0.1, -0.05) is 30.3 Å². The summed E-state index contributed by atoms with van der Waals surface area (Å²) in [5, 5.41) is 2.95. The van der Waals surface area contributed by atoms with E-state index in [2.05, 4.69) is 15.3 Å². The van der Waals surface area contributed by atoms with Crippen molar-refractivity contribution in [2.75, 3.05) is 26.8 Å². The van der Waals surface area contributed by atoms with E-state index in [0.29, 0.717) is 13.2 Å². The molecule has 1 atom stereocenters. The van der Waals surface area contributed by atoms with Crippen molar-refractivity contribution in [3.63, 3.8) is 0 Å². The summed E-state index contributed by atoms with van der Waals surface area (Å²) >= 11 is 0. The van der Waals surface area contributed by atoms with Crippen LogP contribution in [0.4, 0.5) is 0 Å². The van der Waals surface area contributed by atoms with Crippen LogP contribution in [-0.4, -0.2) is 53.5 Å². The molecule has 0 saturated carbocycles. The van der Waals surface area contributed by atoms with Gasteiger partial charge in [0.2, 0.25) is 5.91 Å². The zero-order chi connectivity index (χ0) is 18.8. The molecular weight excluding hydrogens is 332 g/mol. The molecule has 0 bridgehead atoms. The number of carbonyl (C=O) groups excluding carboxylic acids is 2. The maximum Gasteiger partial charge on any atom is 0.274 e. The van der Waals surface area contributed by atoms with Crippen molar-refractivity contribution in [1.82, 2.24) is 20.2 Å². The van der Waals surface area contributed by atoms with Crippen LogP contribution in [-0.2, 0) is 9.53 Å². The van der Waals surface area contributed by atoms with E-state index in [1.807, 2.05) is 37.3 Å². The van der Waals surface area contributed by atoms with E-state index in [-0.39, 0.29) is 36.5 Å². The predicted octanol–water partition coefficient (Wildman–Crippen LogP) is 1.83. The van der Waals surface area contributed by atoms with Crippen LogP contribution in [0.5, 0.6) is 0 Å².